The van der Waals surface area contributed by atoms with Crippen LogP contribution in [0.3, 0.4) is 0 Å². The van der Waals surface area contributed by atoms with Crippen molar-refractivity contribution in [2.24, 2.45) is 0 Å². The highest BCUT2D eigenvalue weighted by Crippen LogP contribution is 2.29. The molecule has 1 aliphatic rings. The fraction of sp³-hybridized carbons (Fsp3) is 0.316. The smallest absolute Gasteiger partial charge is 0.252 e. The zero-order valence-corrected chi connectivity index (χ0v) is 16.6. The van der Waals surface area contributed by atoms with E-state index >= 15 is 0 Å². The van der Waals surface area contributed by atoms with E-state index in [1.807, 2.05) is 0 Å². The number of nitrogens with zero attached hydrogens (tertiary/aromatic N) is 1. The number of nitrogens with one attached hydrogen (secondary N) is 1. The predicted molar refractivity (Wildman–Crippen MR) is 104 cm³/mol. The molecule has 0 spiro atoms. The summed E-state index contributed by atoms with van der Waals surface area (Å²) in [6.45, 7) is 3.93. The van der Waals surface area contributed by atoms with Crippen LogP contribution in [0.15, 0.2) is 42.5 Å². The number of rotatable bonds is 4. The summed E-state index contributed by atoms with van der Waals surface area (Å²) in [6.07, 6.45) is 0.564. The van der Waals surface area contributed by atoms with Crippen molar-refractivity contribution in [2.45, 2.75) is 25.8 Å². The number of anilines is 1. The van der Waals surface area contributed by atoms with Crippen LogP contribution in [0.4, 0.5) is 10.1 Å². The first-order valence-electron chi connectivity index (χ1n) is 8.49. The van der Waals surface area contributed by atoms with Gasteiger partial charge < -0.3 is 5.32 Å². The SMILES string of the molecule is CC(C)(NC(=O)c1cccc(N2CCCS2(=O)=O)c1)c1ccc(F)cc1Cl. The van der Waals surface area contributed by atoms with E-state index in [0.29, 0.717) is 29.8 Å². The van der Waals surface area contributed by atoms with Crippen molar-refractivity contribution in [3.05, 3.63) is 64.4 Å². The van der Waals surface area contributed by atoms with Gasteiger partial charge in [-0.25, -0.2) is 12.8 Å². The van der Waals surface area contributed by atoms with Gasteiger partial charge in [-0.2, -0.15) is 0 Å². The molecule has 0 aromatic heterocycles. The largest absolute Gasteiger partial charge is 0.343 e. The van der Waals surface area contributed by atoms with E-state index < -0.39 is 21.4 Å². The summed E-state index contributed by atoms with van der Waals surface area (Å²) in [7, 11) is -3.32. The van der Waals surface area contributed by atoms with Crippen molar-refractivity contribution in [1.82, 2.24) is 5.32 Å². The summed E-state index contributed by atoms with van der Waals surface area (Å²) in [5, 5.41) is 3.09. The maximum atomic E-state index is 13.3. The maximum absolute atomic E-state index is 13.3. The van der Waals surface area contributed by atoms with Crippen LogP contribution in [-0.4, -0.2) is 26.6 Å². The minimum atomic E-state index is -3.32. The highest BCUT2D eigenvalue weighted by molar-refractivity contribution is 7.93. The van der Waals surface area contributed by atoms with Crippen molar-refractivity contribution in [1.29, 1.82) is 0 Å². The lowest BCUT2D eigenvalue weighted by molar-refractivity contribution is 0.0912. The quantitative estimate of drug-likeness (QED) is 0.836. The number of hydrogen-bond donors (Lipinski definition) is 1. The zero-order valence-electron chi connectivity index (χ0n) is 15.0. The Morgan fingerprint density at radius 1 is 1.22 bits per heavy atom. The van der Waals surface area contributed by atoms with Gasteiger partial charge in [0.1, 0.15) is 5.82 Å². The fourth-order valence-corrected chi connectivity index (χ4v) is 5.11. The lowest BCUT2D eigenvalue weighted by Crippen LogP contribution is -2.41. The van der Waals surface area contributed by atoms with E-state index in [0.717, 1.165) is 0 Å². The first-order valence-corrected chi connectivity index (χ1v) is 10.5. The topological polar surface area (TPSA) is 66.5 Å². The highest BCUT2D eigenvalue weighted by Gasteiger charge is 2.30. The van der Waals surface area contributed by atoms with Crippen LogP contribution in [0.5, 0.6) is 0 Å². The Balaban J connectivity index is 1.85. The van der Waals surface area contributed by atoms with Crippen molar-refractivity contribution in [3.63, 3.8) is 0 Å². The van der Waals surface area contributed by atoms with Crippen LogP contribution in [0.25, 0.3) is 0 Å². The maximum Gasteiger partial charge on any atom is 0.252 e. The Hall–Kier alpha value is -2.12. The molecular formula is C19H20ClFN2O3S. The minimum absolute atomic E-state index is 0.111. The fourth-order valence-electron chi connectivity index (χ4n) is 3.15. The second-order valence-electron chi connectivity index (χ2n) is 7.00. The molecule has 2 aromatic rings. The molecule has 27 heavy (non-hydrogen) atoms. The first kappa shape index (κ1) is 19.6. The molecule has 5 nitrogen and oxygen atoms in total. The Morgan fingerprint density at radius 2 is 1.96 bits per heavy atom. The van der Waals surface area contributed by atoms with Crippen LogP contribution in [0, 0.1) is 5.82 Å². The van der Waals surface area contributed by atoms with Crippen molar-refractivity contribution in [3.8, 4) is 0 Å². The van der Waals surface area contributed by atoms with Crippen molar-refractivity contribution >= 4 is 33.2 Å². The van der Waals surface area contributed by atoms with Gasteiger partial charge in [-0.3, -0.25) is 9.10 Å². The van der Waals surface area contributed by atoms with Gasteiger partial charge in [0.05, 0.1) is 17.0 Å². The Morgan fingerprint density at radius 3 is 2.59 bits per heavy atom. The minimum Gasteiger partial charge on any atom is -0.343 e. The van der Waals surface area contributed by atoms with E-state index in [1.54, 1.807) is 38.1 Å². The van der Waals surface area contributed by atoms with Crippen molar-refractivity contribution in [2.75, 3.05) is 16.6 Å². The molecular weight excluding hydrogens is 391 g/mol. The van der Waals surface area contributed by atoms with Crippen LogP contribution in [-0.2, 0) is 15.6 Å². The number of benzene rings is 2. The lowest BCUT2D eigenvalue weighted by atomic mass is 9.93. The van der Waals surface area contributed by atoms with Gasteiger partial charge in [0.2, 0.25) is 10.0 Å². The summed E-state index contributed by atoms with van der Waals surface area (Å²) in [5.41, 5.74) is 0.535. The number of halogens is 2. The molecule has 1 amide bonds. The Kier molecular flexibility index (Phi) is 5.18. The predicted octanol–water partition coefficient (Wildman–Crippen LogP) is 3.68. The molecule has 8 heteroatoms. The summed E-state index contributed by atoms with van der Waals surface area (Å²) >= 11 is 6.12. The van der Waals surface area contributed by atoms with Gasteiger partial charge in [0.15, 0.2) is 0 Å². The molecule has 1 saturated heterocycles. The van der Waals surface area contributed by atoms with Gasteiger partial charge in [-0.1, -0.05) is 23.7 Å². The van der Waals surface area contributed by atoms with Crippen molar-refractivity contribution < 1.29 is 17.6 Å². The highest BCUT2D eigenvalue weighted by atomic mass is 35.5. The zero-order chi connectivity index (χ0) is 19.8. The van der Waals surface area contributed by atoms with Gasteiger partial charge in [0.25, 0.3) is 5.91 Å². The number of carbonyl (C=O) groups is 1. The monoisotopic (exact) mass is 410 g/mol. The van der Waals surface area contributed by atoms with E-state index in [1.165, 1.54) is 22.5 Å². The molecule has 0 radical (unpaired) electrons. The van der Waals surface area contributed by atoms with E-state index in [2.05, 4.69) is 5.32 Å². The standard InChI is InChI=1S/C19H20ClFN2O3S/c1-19(2,16-8-7-14(21)12-17(16)20)22-18(24)13-5-3-6-15(11-13)23-9-4-10-27(23,25)26/h3,5-8,11-12H,4,9-10H2,1-2H3,(H,22,24). The molecule has 1 heterocycles. The number of hydrogen-bond acceptors (Lipinski definition) is 3. The number of amides is 1. The summed E-state index contributed by atoms with van der Waals surface area (Å²) in [5.74, 6) is -0.719. The third-order valence-corrected chi connectivity index (χ3v) is 6.71. The second-order valence-corrected chi connectivity index (χ2v) is 9.42. The number of carbonyl (C=O) groups excluding carboxylic acids is 1. The third kappa shape index (κ3) is 4.09. The molecule has 0 aliphatic carbocycles. The molecule has 0 atom stereocenters. The van der Waals surface area contributed by atoms with E-state index in [9.17, 15) is 17.6 Å². The molecule has 0 bridgehead atoms. The van der Waals surface area contributed by atoms with Crippen LogP contribution < -0.4 is 9.62 Å². The average molecular weight is 411 g/mol. The Labute approximate surface area is 163 Å². The molecule has 0 saturated carbocycles. The summed E-state index contributed by atoms with van der Waals surface area (Å²) < 4.78 is 38.8. The molecule has 1 aliphatic heterocycles. The summed E-state index contributed by atoms with van der Waals surface area (Å²) in [4.78, 5) is 12.7. The molecule has 1 N–H and O–H groups in total. The molecule has 2 aromatic carbocycles. The molecule has 0 unspecified atom stereocenters. The Bertz CT molecular complexity index is 992. The normalized spacial score (nSPS) is 16.4. The first-order chi connectivity index (χ1) is 12.6. The van der Waals surface area contributed by atoms with Gasteiger partial charge in [0, 0.05) is 17.1 Å². The number of sulfonamides is 1. The van der Waals surface area contributed by atoms with E-state index in [4.69, 9.17) is 11.6 Å². The molecule has 144 valence electrons. The average Bonchev–Trinajstić information content (AvgIpc) is 2.93. The van der Waals surface area contributed by atoms with Crippen LogP contribution >= 0.6 is 11.6 Å². The second kappa shape index (κ2) is 7.13. The molecule has 1 fully saturated rings. The lowest BCUT2D eigenvalue weighted by Gasteiger charge is -2.28. The van der Waals surface area contributed by atoms with Gasteiger partial charge in [-0.05, 0) is 56.2 Å². The van der Waals surface area contributed by atoms with E-state index in [-0.39, 0.29) is 16.7 Å². The van der Waals surface area contributed by atoms with Gasteiger partial charge >= 0.3 is 0 Å². The summed E-state index contributed by atoms with van der Waals surface area (Å²) in [6, 6.07) is 10.5. The van der Waals surface area contributed by atoms with Gasteiger partial charge in [-0.15, -0.1) is 0 Å². The van der Waals surface area contributed by atoms with Crippen LogP contribution in [0.1, 0.15) is 36.2 Å². The van der Waals surface area contributed by atoms with Crippen LogP contribution in [0.2, 0.25) is 5.02 Å². The molecule has 3 rings (SSSR count). The third-order valence-electron chi connectivity index (χ3n) is 4.53.